The largest absolute Gasteiger partial charge is 0.328 e. The fourth-order valence-electron chi connectivity index (χ4n) is 3.55. The van der Waals surface area contributed by atoms with Gasteiger partial charge in [-0.15, -0.1) is 0 Å². The molecule has 1 unspecified atom stereocenters. The highest BCUT2D eigenvalue weighted by Gasteiger charge is 2.26. The summed E-state index contributed by atoms with van der Waals surface area (Å²) in [4.78, 5) is 2.70. The van der Waals surface area contributed by atoms with Crippen molar-refractivity contribution in [1.82, 2.24) is 4.90 Å². The smallest absolute Gasteiger partial charge is 0.00991 e. The molecule has 1 saturated carbocycles. The predicted octanol–water partition coefficient (Wildman–Crippen LogP) is 3.60. The number of benzene rings is 1. The van der Waals surface area contributed by atoms with Crippen molar-refractivity contribution in [3.05, 3.63) is 35.9 Å². The molecule has 0 aromatic heterocycles. The maximum atomic E-state index is 6.03. The molecule has 1 fully saturated rings. The van der Waals surface area contributed by atoms with Crippen LogP contribution in [0.5, 0.6) is 0 Å². The van der Waals surface area contributed by atoms with E-state index in [4.69, 9.17) is 5.73 Å². The number of nitrogens with two attached hydrogens (primary N) is 1. The molecule has 1 atom stereocenters. The van der Waals surface area contributed by atoms with Crippen molar-refractivity contribution >= 4 is 0 Å². The minimum atomic E-state index is 0.449. The van der Waals surface area contributed by atoms with E-state index in [1.807, 2.05) is 0 Å². The molecular formula is C18H30N2. The quantitative estimate of drug-likeness (QED) is 0.859. The molecule has 1 aliphatic rings. The van der Waals surface area contributed by atoms with Crippen molar-refractivity contribution in [2.24, 2.45) is 5.73 Å². The number of aryl methyl sites for hydroxylation is 1. The van der Waals surface area contributed by atoms with E-state index in [-0.39, 0.29) is 0 Å². The Hall–Kier alpha value is -0.860. The Kier molecular flexibility index (Phi) is 6.06. The summed E-state index contributed by atoms with van der Waals surface area (Å²) in [7, 11) is 0. The fraction of sp³-hybridized carbons (Fsp3) is 0.667. The van der Waals surface area contributed by atoms with Gasteiger partial charge < -0.3 is 5.73 Å². The van der Waals surface area contributed by atoms with Crippen LogP contribution in [-0.2, 0) is 6.42 Å². The lowest BCUT2D eigenvalue weighted by Crippen LogP contribution is -2.45. The van der Waals surface area contributed by atoms with Gasteiger partial charge in [-0.2, -0.15) is 0 Å². The van der Waals surface area contributed by atoms with Gasteiger partial charge in [-0.25, -0.2) is 0 Å². The van der Waals surface area contributed by atoms with E-state index in [1.54, 1.807) is 0 Å². The summed E-state index contributed by atoms with van der Waals surface area (Å²) in [6.45, 7) is 5.85. The lowest BCUT2D eigenvalue weighted by molar-refractivity contribution is 0.109. The van der Waals surface area contributed by atoms with E-state index in [9.17, 15) is 0 Å². The molecule has 0 aliphatic heterocycles. The molecule has 20 heavy (non-hydrogen) atoms. The van der Waals surface area contributed by atoms with Gasteiger partial charge in [0.1, 0.15) is 0 Å². The highest BCUT2D eigenvalue weighted by Crippen LogP contribution is 2.24. The van der Waals surface area contributed by atoms with E-state index in [2.05, 4.69) is 49.1 Å². The molecule has 2 heteroatoms. The Morgan fingerprint density at radius 1 is 1.15 bits per heavy atom. The molecule has 1 aromatic rings. The monoisotopic (exact) mass is 274 g/mol. The highest BCUT2D eigenvalue weighted by molar-refractivity contribution is 5.14. The Bertz CT molecular complexity index is 368. The number of hydrogen-bond acceptors (Lipinski definition) is 2. The summed E-state index contributed by atoms with van der Waals surface area (Å²) >= 11 is 0. The van der Waals surface area contributed by atoms with Gasteiger partial charge in [-0.1, -0.05) is 37.3 Å². The summed E-state index contributed by atoms with van der Waals surface area (Å²) in [5, 5.41) is 0. The van der Waals surface area contributed by atoms with Crippen LogP contribution in [0.3, 0.4) is 0 Å². The van der Waals surface area contributed by atoms with Crippen LogP contribution in [0.25, 0.3) is 0 Å². The van der Waals surface area contributed by atoms with Crippen LogP contribution >= 0.6 is 0 Å². The molecule has 0 amide bonds. The first-order valence-corrected chi connectivity index (χ1v) is 8.26. The van der Waals surface area contributed by atoms with Crippen LogP contribution in [-0.4, -0.2) is 29.6 Å². The Balaban J connectivity index is 1.84. The summed E-state index contributed by atoms with van der Waals surface area (Å²) in [6, 6.07) is 12.7. The first-order chi connectivity index (χ1) is 9.70. The van der Waals surface area contributed by atoms with E-state index >= 15 is 0 Å². The minimum Gasteiger partial charge on any atom is -0.328 e. The topological polar surface area (TPSA) is 29.3 Å². The molecule has 0 bridgehead atoms. The van der Waals surface area contributed by atoms with Gasteiger partial charge in [0.05, 0.1) is 0 Å². The van der Waals surface area contributed by atoms with Crippen molar-refractivity contribution in [2.45, 2.75) is 70.5 Å². The van der Waals surface area contributed by atoms with Gasteiger partial charge >= 0.3 is 0 Å². The van der Waals surface area contributed by atoms with Gasteiger partial charge in [0.15, 0.2) is 0 Å². The van der Waals surface area contributed by atoms with Crippen LogP contribution < -0.4 is 5.73 Å². The molecule has 1 aromatic carbocycles. The maximum Gasteiger partial charge on any atom is 0.00991 e. The zero-order valence-electron chi connectivity index (χ0n) is 13.1. The van der Waals surface area contributed by atoms with Crippen LogP contribution in [0.4, 0.5) is 0 Å². The average molecular weight is 274 g/mol. The van der Waals surface area contributed by atoms with Crippen LogP contribution in [0.2, 0.25) is 0 Å². The summed E-state index contributed by atoms with van der Waals surface area (Å²) in [5.74, 6) is 0. The van der Waals surface area contributed by atoms with E-state index < -0.39 is 0 Å². The van der Waals surface area contributed by atoms with Crippen molar-refractivity contribution in [3.63, 3.8) is 0 Å². The fourth-order valence-corrected chi connectivity index (χ4v) is 3.55. The van der Waals surface area contributed by atoms with Crippen molar-refractivity contribution < 1.29 is 0 Å². The van der Waals surface area contributed by atoms with Crippen LogP contribution in [0.1, 0.15) is 51.5 Å². The summed E-state index contributed by atoms with van der Waals surface area (Å²) in [5.41, 5.74) is 7.49. The first-order valence-electron chi connectivity index (χ1n) is 8.26. The molecule has 112 valence electrons. The van der Waals surface area contributed by atoms with Gasteiger partial charge in [0.2, 0.25) is 0 Å². The SMILES string of the molecule is CCN(C(C)CCc1ccccc1)C1CCC(N)CC1. The Labute approximate surface area is 124 Å². The van der Waals surface area contributed by atoms with Crippen molar-refractivity contribution in [2.75, 3.05) is 6.54 Å². The van der Waals surface area contributed by atoms with Crippen LogP contribution in [0, 0.1) is 0 Å². The summed E-state index contributed by atoms with van der Waals surface area (Å²) < 4.78 is 0. The average Bonchev–Trinajstić information content (AvgIpc) is 2.49. The molecule has 2 N–H and O–H groups in total. The summed E-state index contributed by atoms with van der Waals surface area (Å²) in [6.07, 6.45) is 7.40. The Morgan fingerprint density at radius 2 is 1.80 bits per heavy atom. The standard InChI is InChI=1S/C18H30N2/c1-3-20(18-13-11-17(19)12-14-18)15(2)9-10-16-7-5-4-6-8-16/h4-8,15,17-18H,3,9-14,19H2,1-2H3. The van der Waals surface area contributed by atoms with Gasteiger partial charge in [0.25, 0.3) is 0 Å². The normalized spacial score (nSPS) is 24.8. The third-order valence-corrected chi connectivity index (χ3v) is 4.84. The molecule has 0 heterocycles. The van der Waals surface area contributed by atoms with Crippen molar-refractivity contribution in [3.8, 4) is 0 Å². The first kappa shape index (κ1) is 15.5. The predicted molar refractivity (Wildman–Crippen MR) is 86.8 cm³/mol. The molecule has 2 nitrogen and oxygen atoms in total. The van der Waals surface area contributed by atoms with Gasteiger partial charge in [0, 0.05) is 18.1 Å². The molecule has 0 saturated heterocycles. The number of hydrogen-bond donors (Lipinski definition) is 1. The van der Waals surface area contributed by atoms with Gasteiger partial charge in [-0.3, -0.25) is 4.90 Å². The van der Waals surface area contributed by atoms with Gasteiger partial charge in [-0.05, 0) is 57.6 Å². The second kappa shape index (κ2) is 7.80. The zero-order chi connectivity index (χ0) is 14.4. The van der Waals surface area contributed by atoms with Crippen molar-refractivity contribution in [1.29, 1.82) is 0 Å². The third kappa shape index (κ3) is 4.32. The second-order valence-corrected chi connectivity index (χ2v) is 6.27. The molecule has 0 spiro atoms. The van der Waals surface area contributed by atoms with E-state index in [0.29, 0.717) is 12.1 Å². The lowest BCUT2D eigenvalue weighted by Gasteiger charge is -2.39. The second-order valence-electron chi connectivity index (χ2n) is 6.27. The highest BCUT2D eigenvalue weighted by atomic mass is 15.2. The van der Waals surface area contributed by atoms with E-state index in [0.717, 1.165) is 12.6 Å². The zero-order valence-corrected chi connectivity index (χ0v) is 13.1. The number of rotatable bonds is 6. The number of nitrogens with zero attached hydrogens (tertiary/aromatic N) is 1. The Morgan fingerprint density at radius 3 is 2.40 bits per heavy atom. The molecule has 2 rings (SSSR count). The molecule has 1 aliphatic carbocycles. The maximum absolute atomic E-state index is 6.03. The van der Waals surface area contributed by atoms with Crippen LogP contribution in [0.15, 0.2) is 30.3 Å². The minimum absolute atomic E-state index is 0.449. The molecule has 0 radical (unpaired) electrons. The van der Waals surface area contributed by atoms with E-state index in [1.165, 1.54) is 44.1 Å². The molecular weight excluding hydrogens is 244 g/mol. The lowest BCUT2D eigenvalue weighted by atomic mass is 9.89. The third-order valence-electron chi connectivity index (χ3n) is 4.84.